The normalized spacial score (nSPS) is 10.2. The lowest BCUT2D eigenvalue weighted by molar-refractivity contribution is 1.15. The van der Waals surface area contributed by atoms with Crippen LogP contribution >= 0.6 is 11.3 Å². The van der Waals surface area contributed by atoms with Gasteiger partial charge in [0.05, 0.1) is 23.0 Å². The van der Waals surface area contributed by atoms with E-state index >= 15 is 0 Å². The first kappa shape index (κ1) is 8.19. The second-order valence-electron chi connectivity index (χ2n) is 2.74. The van der Waals surface area contributed by atoms with Crippen molar-refractivity contribution in [2.75, 3.05) is 0 Å². The monoisotopic (exact) mass is 192 g/mol. The average molecular weight is 192 g/mol. The van der Waals surface area contributed by atoms with Crippen LogP contribution in [0.25, 0.3) is 10.6 Å². The third-order valence-electron chi connectivity index (χ3n) is 1.76. The smallest absolute Gasteiger partial charge is 0.266 e. The molecule has 1 N–H and O–H groups in total. The molecule has 13 heavy (non-hydrogen) atoms. The maximum atomic E-state index is 11.0. The highest BCUT2D eigenvalue weighted by Crippen LogP contribution is 2.25. The minimum atomic E-state index is -0.162. The first-order valence-electron chi connectivity index (χ1n) is 3.86. The summed E-state index contributed by atoms with van der Waals surface area (Å²) >= 11 is 1.60. The van der Waals surface area contributed by atoms with Crippen LogP contribution in [0.4, 0.5) is 0 Å². The van der Waals surface area contributed by atoms with Crippen LogP contribution in [0.5, 0.6) is 0 Å². The van der Waals surface area contributed by atoms with E-state index in [-0.39, 0.29) is 5.56 Å². The topological polar surface area (TPSA) is 45.8 Å². The minimum Gasteiger partial charge on any atom is -0.319 e. The maximum Gasteiger partial charge on any atom is 0.266 e. The SMILES string of the molecule is Cc1ccsc1-c1cncc(=O)[nH]1. The van der Waals surface area contributed by atoms with Crippen LogP contribution in [-0.2, 0) is 0 Å². The zero-order valence-corrected chi connectivity index (χ0v) is 7.89. The first-order chi connectivity index (χ1) is 6.27. The van der Waals surface area contributed by atoms with Gasteiger partial charge in [-0.25, -0.2) is 0 Å². The van der Waals surface area contributed by atoms with Crippen molar-refractivity contribution in [2.45, 2.75) is 6.92 Å². The molecule has 2 aromatic heterocycles. The molecule has 2 aromatic rings. The van der Waals surface area contributed by atoms with Crippen LogP contribution in [0, 0.1) is 6.92 Å². The van der Waals surface area contributed by atoms with E-state index in [2.05, 4.69) is 9.97 Å². The molecular formula is C9H8N2OS. The summed E-state index contributed by atoms with van der Waals surface area (Å²) in [5, 5.41) is 2.00. The molecule has 3 nitrogen and oxygen atoms in total. The molecule has 0 aromatic carbocycles. The highest BCUT2D eigenvalue weighted by atomic mass is 32.1. The molecule has 0 aliphatic heterocycles. The van der Waals surface area contributed by atoms with Crippen molar-refractivity contribution < 1.29 is 0 Å². The lowest BCUT2D eigenvalue weighted by atomic mass is 10.2. The zero-order chi connectivity index (χ0) is 9.26. The lowest BCUT2D eigenvalue weighted by Crippen LogP contribution is -2.05. The zero-order valence-electron chi connectivity index (χ0n) is 7.07. The molecule has 0 bridgehead atoms. The van der Waals surface area contributed by atoms with Crippen LogP contribution in [-0.4, -0.2) is 9.97 Å². The van der Waals surface area contributed by atoms with Gasteiger partial charge in [0.2, 0.25) is 0 Å². The van der Waals surface area contributed by atoms with Gasteiger partial charge in [-0.05, 0) is 23.9 Å². The van der Waals surface area contributed by atoms with Crippen molar-refractivity contribution in [2.24, 2.45) is 0 Å². The third kappa shape index (κ3) is 1.53. The Kier molecular flexibility index (Phi) is 1.98. The van der Waals surface area contributed by atoms with Gasteiger partial charge < -0.3 is 4.98 Å². The number of hydrogen-bond donors (Lipinski definition) is 1. The maximum absolute atomic E-state index is 11.0. The Morgan fingerprint density at radius 2 is 2.31 bits per heavy atom. The number of H-pyrrole nitrogens is 1. The van der Waals surface area contributed by atoms with E-state index in [0.29, 0.717) is 0 Å². The summed E-state index contributed by atoms with van der Waals surface area (Å²) < 4.78 is 0. The molecule has 0 unspecified atom stereocenters. The number of nitrogens with one attached hydrogen (secondary N) is 1. The van der Waals surface area contributed by atoms with E-state index in [0.717, 1.165) is 16.1 Å². The Hall–Kier alpha value is -1.42. The van der Waals surface area contributed by atoms with Crippen molar-refractivity contribution in [3.8, 4) is 10.6 Å². The molecule has 66 valence electrons. The molecule has 0 saturated heterocycles. The molecule has 0 amide bonds. The molecule has 2 rings (SSSR count). The summed E-state index contributed by atoms with van der Waals surface area (Å²) in [6.07, 6.45) is 2.94. The highest BCUT2D eigenvalue weighted by molar-refractivity contribution is 7.13. The summed E-state index contributed by atoms with van der Waals surface area (Å²) in [5.41, 5.74) is 1.79. The van der Waals surface area contributed by atoms with Crippen LogP contribution in [0.2, 0.25) is 0 Å². The lowest BCUT2D eigenvalue weighted by Gasteiger charge is -1.97. The van der Waals surface area contributed by atoms with Gasteiger partial charge in [-0.3, -0.25) is 9.78 Å². The number of hydrogen-bond acceptors (Lipinski definition) is 3. The van der Waals surface area contributed by atoms with Crippen LogP contribution in [0.1, 0.15) is 5.56 Å². The van der Waals surface area contributed by atoms with Gasteiger partial charge in [0.25, 0.3) is 5.56 Å². The van der Waals surface area contributed by atoms with Crippen LogP contribution in [0.3, 0.4) is 0 Å². The second-order valence-corrected chi connectivity index (χ2v) is 3.66. The fourth-order valence-electron chi connectivity index (χ4n) is 1.14. The largest absolute Gasteiger partial charge is 0.319 e. The van der Waals surface area contributed by atoms with Gasteiger partial charge in [-0.1, -0.05) is 0 Å². The van der Waals surface area contributed by atoms with Crippen LogP contribution in [0.15, 0.2) is 28.6 Å². The molecule has 0 radical (unpaired) electrons. The molecule has 0 atom stereocenters. The third-order valence-corrected chi connectivity index (χ3v) is 2.81. The van der Waals surface area contributed by atoms with Crippen molar-refractivity contribution in [1.29, 1.82) is 0 Å². The van der Waals surface area contributed by atoms with Gasteiger partial charge in [0, 0.05) is 0 Å². The number of nitrogens with zero attached hydrogens (tertiary/aromatic N) is 1. The number of aromatic nitrogens is 2. The average Bonchev–Trinajstić information content (AvgIpc) is 2.51. The molecule has 4 heteroatoms. The molecule has 2 heterocycles. The van der Waals surface area contributed by atoms with Crippen molar-refractivity contribution in [3.63, 3.8) is 0 Å². The summed E-state index contributed by atoms with van der Waals surface area (Å²) in [6.45, 7) is 2.01. The van der Waals surface area contributed by atoms with Crippen molar-refractivity contribution in [3.05, 3.63) is 39.8 Å². The molecule has 0 aliphatic rings. The Bertz CT molecular complexity index is 472. The number of aromatic amines is 1. The minimum absolute atomic E-state index is 0.162. The van der Waals surface area contributed by atoms with Gasteiger partial charge in [0.1, 0.15) is 0 Å². The van der Waals surface area contributed by atoms with Crippen LogP contribution < -0.4 is 5.56 Å². The van der Waals surface area contributed by atoms with E-state index in [9.17, 15) is 4.79 Å². The Labute approximate surface area is 79.1 Å². The Morgan fingerprint density at radius 1 is 1.46 bits per heavy atom. The van der Waals surface area contributed by atoms with E-state index < -0.39 is 0 Å². The highest BCUT2D eigenvalue weighted by Gasteiger charge is 2.03. The summed E-state index contributed by atoms with van der Waals surface area (Å²) in [6, 6.07) is 2.02. The summed E-state index contributed by atoms with van der Waals surface area (Å²) in [7, 11) is 0. The van der Waals surface area contributed by atoms with E-state index in [1.54, 1.807) is 17.5 Å². The Balaban J connectivity index is 2.59. The quantitative estimate of drug-likeness (QED) is 0.749. The van der Waals surface area contributed by atoms with E-state index in [1.807, 2.05) is 18.4 Å². The van der Waals surface area contributed by atoms with Gasteiger partial charge in [-0.15, -0.1) is 11.3 Å². The Morgan fingerprint density at radius 3 is 2.92 bits per heavy atom. The number of thiophene rings is 1. The van der Waals surface area contributed by atoms with Gasteiger partial charge >= 0.3 is 0 Å². The molecule has 0 saturated carbocycles. The summed E-state index contributed by atoms with van der Waals surface area (Å²) in [5.74, 6) is 0. The second kappa shape index (κ2) is 3.14. The molecule has 0 spiro atoms. The van der Waals surface area contributed by atoms with E-state index in [1.165, 1.54) is 6.20 Å². The van der Waals surface area contributed by atoms with E-state index in [4.69, 9.17) is 0 Å². The number of rotatable bonds is 1. The molecule has 0 fully saturated rings. The standard InChI is InChI=1S/C9H8N2OS/c1-6-2-3-13-9(6)7-4-10-5-8(12)11-7/h2-5H,1H3,(H,11,12). The van der Waals surface area contributed by atoms with Crippen molar-refractivity contribution in [1.82, 2.24) is 9.97 Å². The van der Waals surface area contributed by atoms with Gasteiger partial charge in [0.15, 0.2) is 0 Å². The fraction of sp³-hybridized carbons (Fsp3) is 0.111. The van der Waals surface area contributed by atoms with Gasteiger partial charge in [-0.2, -0.15) is 0 Å². The number of aryl methyl sites for hydroxylation is 1. The molecular weight excluding hydrogens is 184 g/mol. The predicted molar refractivity (Wildman–Crippen MR) is 52.9 cm³/mol. The predicted octanol–water partition coefficient (Wildman–Crippen LogP) is 1.81. The first-order valence-corrected chi connectivity index (χ1v) is 4.74. The fourth-order valence-corrected chi connectivity index (χ4v) is 2.03. The molecule has 0 aliphatic carbocycles. The van der Waals surface area contributed by atoms with Crippen molar-refractivity contribution >= 4 is 11.3 Å². The summed E-state index contributed by atoms with van der Waals surface area (Å²) in [4.78, 5) is 18.6.